The first-order valence-electron chi connectivity index (χ1n) is 7.45. The molecule has 1 aromatic carbocycles. The number of hydrogen-bond acceptors (Lipinski definition) is 5. The summed E-state index contributed by atoms with van der Waals surface area (Å²) >= 11 is 1.54. The topological polar surface area (TPSA) is 59.2 Å². The Kier molecular flexibility index (Phi) is 3.67. The molecule has 4 rings (SSSR count). The molecular formula is C17H15N3O2S. The van der Waals surface area contributed by atoms with Gasteiger partial charge in [0.05, 0.1) is 5.56 Å². The van der Waals surface area contributed by atoms with Gasteiger partial charge in [0.1, 0.15) is 0 Å². The van der Waals surface area contributed by atoms with Crippen LogP contribution in [0.4, 0.5) is 0 Å². The van der Waals surface area contributed by atoms with Crippen LogP contribution in [0.15, 0.2) is 58.1 Å². The Morgan fingerprint density at radius 3 is 2.70 bits per heavy atom. The summed E-state index contributed by atoms with van der Waals surface area (Å²) in [4.78, 5) is 18.8. The summed E-state index contributed by atoms with van der Waals surface area (Å²) in [5, 5.41) is 7.82. The molecule has 1 fully saturated rings. The van der Waals surface area contributed by atoms with Crippen molar-refractivity contribution in [1.82, 2.24) is 15.0 Å². The molecule has 2 aromatic heterocycles. The van der Waals surface area contributed by atoms with Gasteiger partial charge in [-0.15, -0.1) is 0 Å². The second-order valence-corrected chi connectivity index (χ2v) is 6.42. The van der Waals surface area contributed by atoms with Crippen molar-refractivity contribution in [2.75, 3.05) is 13.1 Å². The maximum atomic E-state index is 12.7. The van der Waals surface area contributed by atoms with Crippen LogP contribution in [0.5, 0.6) is 0 Å². The lowest BCUT2D eigenvalue weighted by atomic mass is 9.88. The van der Waals surface area contributed by atoms with Crippen LogP contribution in [-0.4, -0.2) is 34.0 Å². The summed E-state index contributed by atoms with van der Waals surface area (Å²) in [6.07, 6.45) is 1.35. The molecular weight excluding hydrogens is 310 g/mol. The summed E-state index contributed by atoms with van der Waals surface area (Å²) in [6.45, 7) is 1.27. The van der Waals surface area contributed by atoms with Crippen LogP contribution in [0.1, 0.15) is 33.6 Å². The van der Waals surface area contributed by atoms with Gasteiger partial charge in [-0.1, -0.05) is 35.5 Å². The number of amides is 1. The molecule has 0 saturated carbocycles. The van der Waals surface area contributed by atoms with Crippen molar-refractivity contribution in [2.45, 2.75) is 11.8 Å². The normalized spacial score (nSPS) is 20.8. The van der Waals surface area contributed by atoms with Gasteiger partial charge in [0.2, 0.25) is 6.39 Å². The van der Waals surface area contributed by atoms with E-state index in [1.54, 1.807) is 0 Å². The van der Waals surface area contributed by atoms with E-state index in [9.17, 15) is 4.79 Å². The third kappa shape index (κ3) is 2.66. The maximum Gasteiger partial charge on any atom is 0.254 e. The number of carbonyl (C=O) groups is 1. The third-order valence-corrected chi connectivity index (χ3v) is 5.00. The van der Waals surface area contributed by atoms with Crippen molar-refractivity contribution < 1.29 is 9.32 Å². The summed E-state index contributed by atoms with van der Waals surface area (Å²) in [5.74, 6) is 0.966. The van der Waals surface area contributed by atoms with Crippen LogP contribution in [-0.2, 0) is 0 Å². The molecule has 0 aliphatic carbocycles. The van der Waals surface area contributed by atoms with Gasteiger partial charge >= 0.3 is 0 Å². The summed E-state index contributed by atoms with van der Waals surface area (Å²) in [6, 6.07) is 12.1. The molecule has 0 N–H and O–H groups in total. The van der Waals surface area contributed by atoms with Gasteiger partial charge in [0.15, 0.2) is 5.82 Å². The van der Waals surface area contributed by atoms with E-state index < -0.39 is 0 Å². The first-order chi connectivity index (χ1) is 11.3. The standard InChI is InChI=1S/C17H15N3O2S/c21-17(13-6-7-23-10-13)20-8-14(12-4-2-1-3-5-12)15(9-20)16-18-11-22-19-16/h1-7,10-11,14-15H,8-9H2/t14-,15+/m0/s1. The predicted molar refractivity (Wildman–Crippen MR) is 86.4 cm³/mol. The second-order valence-electron chi connectivity index (χ2n) is 5.64. The minimum Gasteiger partial charge on any atom is -0.343 e. The largest absolute Gasteiger partial charge is 0.343 e. The van der Waals surface area contributed by atoms with Gasteiger partial charge in [-0.2, -0.15) is 16.3 Å². The SMILES string of the molecule is O=C(c1ccsc1)N1C[C@@H](c2ccccc2)[C@H](c2ncon2)C1. The molecule has 23 heavy (non-hydrogen) atoms. The smallest absolute Gasteiger partial charge is 0.254 e. The summed E-state index contributed by atoms with van der Waals surface area (Å²) in [7, 11) is 0. The molecule has 1 aliphatic rings. The van der Waals surface area contributed by atoms with Crippen LogP contribution >= 0.6 is 11.3 Å². The molecule has 5 nitrogen and oxygen atoms in total. The Morgan fingerprint density at radius 2 is 2.00 bits per heavy atom. The van der Waals surface area contributed by atoms with Crippen molar-refractivity contribution in [3.05, 3.63) is 70.5 Å². The van der Waals surface area contributed by atoms with E-state index >= 15 is 0 Å². The highest BCUT2D eigenvalue weighted by molar-refractivity contribution is 7.08. The number of likely N-dealkylation sites (tertiary alicyclic amines) is 1. The van der Waals surface area contributed by atoms with Gasteiger partial charge < -0.3 is 9.42 Å². The Labute approximate surface area is 137 Å². The second kappa shape index (κ2) is 5.96. The van der Waals surface area contributed by atoms with Gasteiger partial charge in [-0.25, -0.2) is 0 Å². The molecule has 3 heterocycles. The number of nitrogens with zero attached hydrogens (tertiary/aromatic N) is 3. The molecule has 1 amide bonds. The molecule has 0 unspecified atom stereocenters. The first kappa shape index (κ1) is 14.1. The Hall–Kier alpha value is -2.47. The molecule has 1 saturated heterocycles. The van der Waals surface area contributed by atoms with E-state index in [4.69, 9.17) is 4.52 Å². The zero-order valence-corrected chi connectivity index (χ0v) is 13.1. The van der Waals surface area contributed by atoms with Crippen molar-refractivity contribution in [1.29, 1.82) is 0 Å². The predicted octanol–water partition coefficient (Wildman–Crippen LogP) is 3.15. The quantitative estimate of drug-likeness (QED) is 0.742. The fourth-order valence-corrected chi connectivity index (χ4v) is 3.81. The zero-order valence-electron chi connectivity index (χ0n) is 12.3. The fourth-order valence-electron chi connectivity index (χ4n) is 3.18. The lowest BCUT2D eigenvalue weighted by Crippen LogP contribution is -2.28. The van der Waals surface area contributed by atoms with E-state index in [-0.39, 0.29) is 17.7 Å². The Bertz CT molecular complexity index is 772. The van der Waals surface area contributed by atoms with Gasteiger partial charge in [-0.3, -0.25) is 4.79 Å². The lowest BCUT2D eigenvalue weighted by Gasteiger charge is -2.16. The summed E-state index contributed by atoms with van der Waals surface area (Å²) in [5.41, 5.74) is 1.94. The number of carbonyl (C=O) groups excluding carboxylic acids is 1. The van der Waals surface area contributed by atoms with E-state index in [0.717, 1.165) is 5.56 Å². The van der Waals surface area contributed by atoms with Gasteiger partial charge in [0.25, 0.3) is 5.91 Å². The fraction of sp³-hybridized carbons (Fsp3) is 0.235. The van der Waals surface area contributed by atoms with E-state index in [2.05, 4.69) is 22.3 Å². The van der Waals surface area contributed by atoms with Crippen LogP contribution in [0.3, 0.4) is 0 Å². The minimum absolute atomic E-state index is 0.0544. The molecule has 1 aliphatic heterocycles. The van der Waals surface area contributed by atoms with E-state index in [1.807, 2.05) is 39.9 Å². The van der Waals surface area contributed by atoms with Gasteiger partial charge in [0, 0.05) is 30.3 Å². The highest BCUT2D eigenvalue weighted by Crippen LogP contribution is 2.38. The van der Waals surface area contributed by atoms with Crippen molar-refractivity contribution in [3.63, 3.8) is 0 Å². The molecule has 0 spiro atoms. The number of benzene rings is 1. The minimum atomic E-state index is 0.0544. The van der Waals surface area contributed by atoms with Crippen molar-refractivity contribution in [2.24, 2.45) is 0 Å². The average Bonchev–Trinajstić information content (AvgIpc) is 3.35. The summed E-state index contributed by atoms with van der Waals surface area (Å²) < 4.78 is 4.92. The van der Waals surface area contributed by atoms with Crippen molar-refractivity contribution >= 4 is 17.2 Å². The Morgan fingerprint density at radius 1 is 1.17 bits per heavy atom. The van der Waals surface area contributed by atoms with E-state index in [0.29, 0.717) is 18.9 Å². The molecule has 6 heteroatoms. The monoisotopic (exact) mass is 325 g/mol. The van der Waals surface area contributed by atoms with Crippen LogP contribution in [0.2, 0.25) is 0 Å². The van der Waals surface area contributed by atoms with Crippen LogP contribution in [0, 0.1) is 0 Å². The number of rotatable bonds is 3. The first-order valence-corrected chi connectivity index (χ1v) is 8.40. The zero-order chi connectivity index (χ0) is 15.6. The molecule has 2 atom stereocenters. The van der Waals surface area contributed by atoms with Gasteiger partial charge in [-0.05, 0) is 17.0 Å². The van der Waals surface area contributed by atoms with Crippen molar-refractivity contribution in [3.8, 4) is 0 Å². The van der Waals surface area contributed by atoms with Crippen LogP contribution < -0.4 is 0 Å². The number of thiophene rings is 1. The van der Waals surface area contributed by atoms with Crippen LogP contribution in [0.25, 0.3) is 0 Å². The molecule has 116 valence electrons. The number of aromatic nitrogens is 2. The number of hydrogen-bond donors (Lipinski definition) is 0. The third-order valence-electron chi connectivity index (χ3n) is 4.31. The van der Waals surface area contributed by atoms with E-state index in [1.165, 1.54) is 23.3 Å². The average molecular weight is 325 g/mol. The highest BCUT2D eigenvalue weighted by atomic mass is 32.1. The molecule has 3 aromatic rings. The molecule has 0 bridgehead atoms. The molecule has 0 radical (unpaired) electrons. The Balaban J connectivity index is 1.65. The lowest BCUT2D eigenvalue weighted by molar-refractivity contribution is 0.0789. The maximum absolute atomic E-state index is 12.7. The highest BCUT2D eigenvalue weighted by Gasteiger charge is 2.39.